The summed E-state index contributed by atoms with van der Waals surface area (Å²) in [6, 6.07) is 3.92. The number of aromatic nitrogens is 2. The summed E-state index contributed by atoms with van der Waals surface area (Å²) in [6.45, 7) is 7.64. The Kier molecular flexibility index (Phi) is 6.02. The van der Waals surface area contributed by atoms with Crippen molar-refractivity contribution in [2.75, 3.05) is 56.7 Å². The van der Waals surface area contributed by atoms with Gasteiger partial charge in [0, 0.05) is 51.0 Å². The number of anilines is 2. The normalized spacial score (nSPS) is 20.3. The van der Waals surface area contributed by atoms with Gasteiger partial charge in [-0.3, -0.25) is 9.89 Å². The highest BCUT2D eigenvalue weighted by molar-refractivity contribution is 6.69. The average Bonchev–Trinajstić information content (AvgIpc) is 2.75. The Morgan fingerprint density at radius 2 is 2.03 bits per heavy atom. The highest BCUT2D eigenvalue weighted by Gasteiger charge is 2.40. The third kappa shape index (κ3) is 4.05. The predicted molar refractivity (Wildman–Crippen MR) is 123 cm³/mol. The van der Waals surface area contributed by atoms with Gasteiger partial charge in [0.15, 0.2) is 0 Å². The van der Waals surface area contributed by atoms with Gasteiger partial charge in [0.1, 0.15) is 5.17 Å². The molecule has 0 radical (unpaired) electrons. The molecule has 2 aliphatic heterocycles. The van der Waals surface area contributed by atoms with Gasteiger partial charge in [0.25, 0.3) is 0 Å². The van der Waals surface area contributed by atoms with E-state index in [2.05, 4.69) is 37.0 Å². The van der Waals surface area contributed by atoms with Gasteiger partial charge in [-0.1, -0.05) is 23.2 Å². The Labute approximate surface area is 185 Å². The summed E-state index contributed by atoms with van der Waals surface area (Å²) >= 11 is 12.7. The minimum atomic E-state index is 0.171. The summed E-state index contributed by atoms with van der Waals surface area (Å²) in [5, 5.41) is 4.82. The number of hydrogen-bond acceptors (Lipinski definition) is 8. The highest BCUT2D eigenvalue weighted by atomic mass is 35.5. The number of aliphatic imine (C=N–C) groups is 1. The molecule has 0 spiro atoms. The van der Waals surface area contributed by atoms with Crippen LogP contribution in [0.15, 0.2) is 35.2 Å². The smallest absolute Gasteiger partial charge is 0.227 e. The van der Waals surface area contributed by atoms with Crippen LogP contribution in [0.1, 0.15) is 6.92 Å². The number of piperazine rings is 1. The van der Waals surface area contributed by atoms with Gasteiger partial charge in [0.05, 0.1) is 40.7 Å². The van der Waals surface area contributed by atoms with Crippen LogP contribution in [0.2, 0.25) is 5.02 Å². The fraction of sp³-hybridized carbons (Fsp3) is 0.450. The van der Waals surface area contributed by atoms with Crippen molar-refractivity contribution in [1.82, 2.24) is 14.9 Å². The molecule has 0 amide bonds. The van der Waals surface area contributed by atoms with E-state index in [9.17, 15) is 0 Å². The van der Waals surface area contributed by atoms with Gasteiger partial charge < -0.3 is 20.7 Å². The molecule has 0 saturated carbocycles. The van der Waals surface area contributed by atoms with E-state index in [0.717, 1.165) is 56.0 Å². The summed E-state index contributed by atoms with van der Waals surface area (Å²) in [4.78, 5) is 17.7. The molecule has 2 fully saturated rings. The first-order chi connectivity index (χ1) is 14.4. The Balaban J connectivity index is 1.55. The molecule has 0 aliphatic carbocycles. The predicted octanol–water partition coefficient (Wildman–Crippen LogP) is 2.67. The SMILES string of the molecule is CN=C(Cl)/C(=C\N)Nc1ncc2cc(Cl)c(N3CCN(C4(C)COC4)CC3)cc2n1. The van der Waals surface area contributed by atoms with Crippen LogP contribution in [0.4, 0.5) is 11.6 Å². The Hall–Kier alpha value is -2.13. The Bertz CT molecular complexity index is 998. The van der Waals surface area contributed by atoms with Crippen molar-refractivity contribution in [1.29, 1.82) is 0 Å². The fourth-order valence-electron chi connectivity index (χ4n) is 3.81. The molecule has 0 unspecified atom stereocenters. The first kappa shape index (κ1) is 21.1. The molecule has 8 nitrogen and oxygen atoms in total. The number of benzene rings is 1. The van der Waals surface area contributed by atoms with Crippen LogP contribution >= 0.6 is 23.2 Å². The minimum Gasteiger partial charge on any atom is -0.403 e. The number of halogens is 2. The second kappa shape index (κ2) is 8.55. The number of allylic oxidation sites excluding steroid dienone is 1. The van der Waals surface area contributed by atoms with E-state index >= 15 is 0 Å². The molecular weight excluding hydrogens is 425 g/mol. The lowest BCUT2D eigenvalue weighted by molar-refractivity contribution is -0.131. The molecule has 2 aliphatic rings. The quantitative estimate of drug-likeness (QED) is 0.677. The zero-order chi connectivity index (χ0) is 21.3. The van der Waals surface area contributed by atoms with Crippen molar-refractivity contribution < 1.29 is 4.74 Å². The maximum absolute atomic E-state index is 6.60. The lowest BCUT2D eigenvalue weighted by Crippen LogP contribution is -2.64. The molecule has 2 saturated heterocycles. The lowest BCUT2D eigenvalue weighted by Gasteiger charge is -2.50. The average molecular weight is 450 g/mol. The topological polar surface area (TPSA) is 91.9 Å². The summed E-state index contributed by atoms with van der Waals surface area (Å²) in [5.41, 5.74) is 8.00. The molecule has 3 heterocycles. The number of rotatable bonds is 5. The second-order valence-corrected chi connectivity index (χ2v) is 8.50. The van der Waals surface area contributed by atoms with E-state index in [0.29, 0.717) is 16.7 Å². The van der Waals surface area contributed by atoms with E-state index in [1.807, 2.05) is 12.1 Å². The Morgan fingerprint density at radius 1 is 1.30 bits per heavy atom. The Morgan fingerprint density at radius 3 is 2.63 bits per heavy atom. The van der Waals surface area contributed by atoms with Crippen molar-refractivity contribution in [2.24, 2.45) is 10.7 Å². The van der Waals surface area contributed by atoms with Crippen LogP contribution in [0.3, 0.4) is 0 Å². The van der Waals surface area contributed by atoms with Gasteiger partial charge >= 0.3 is 0 Å². The maximum Gasteiger partial charge on any atom is 0.227 e. The monoisotopic (exact) mass is 449 g/mol. The van der Waals surface area contributed by atoms with Crippen molar-refractivity contribution in [2.45, 2.75) is 12.5 Å². The van der Waals surface area contributed by atoms with E-state index in [1.165, 1.54) is 6.20 Å². The van der Waals surface area contributed by atoms with Crippen LogP contribution in [0, 0.1) is 0 Å². The highest BCUT2D eigenvalue weighted by Crippen LogP contribution is 2.33. The number of nitrogens with two attached hydrogens (primary N) is 1. The van der Waals surface area contributed by atoms with E-state index < -0.39 is 0 Å². The summed E-state index contributed by atoms with van der Waals surface area (Å²) in [7, 11) is 1.58. The molecular formula is C20H25Cl2N7O. The zero-order valence-corrected chi connectivity index (χ0v) is 18.5. The molecule has 160 valence electrons. The number of nitrogens with zero attached hydrogens (tertiary/aromatic N) is 5. The van der Waals surface area contributed by atoms with Crippen LogP contribution < -0.4 is 16.0 Å². The van der Waals surface area contributed by atoms with Crippen molar-refractivity contribution in [3.05, 3.63) is 35.2 Å². The summed E-state index contributed by atoms with van der Waals surface area (Å²) < 4.78 is 5.41. The molecule has 30 heavy (non-hydrogen) atoms. The number of fused-ring (bicyclic) bond motifs is 1. The van der Waals surface area contributed by atoms with Gasteiger partial charge in [-0.05, 0) is 19.1 Å². The number of ether oxygens (including phenoxy) is 1. The molecule has 4 rings (SSSR count). The van der Waals surface area contributed by atoms with Crippen LogP contribution in [0.5, 0.6) is 0 Å². The molecule has 0 bridgehead atoms. The van der Waals surface area contributed by atoms with Crippen molar-refractivity contribution in [3.63, 3.8) is 0 Å². The molecule has 1 aromatic carbocycles. The van der Waals surface area contributed by atoms with Gasteiger partial charge in [0.2, 0.25) is 5.95 Å². The standard InChI is InChI=1S/C20H25Cl2N7O/c1-20(11-30-12-20)29-5-3-28(4-6-29)17-8-15-13(7-14(17)21)10-25-19(26-15)27-16(9-23)18(22)24-2/h7-10H,3-6,11-12,23H2,1-2H3,(H,25,26,27)/b16-9+,24-18?. The summed E-state index contributed by atoms with van der Waals surface area (Å²) in [6.07, 6.45) is 3.06. The van der Waals surface area contributed by atoms with Gasteiger partial charge in [-0.2, -0.15) is 0 Å². The van der Waals surface area contributed by atoms with Gasteiger partial charge in [-0.15, -0.1) is 0 Å². The van der Waals surface area contributed by atoms with Crippen molar-refractivity contribution in [3.8, 4) is 0 Å². The molecule has 10 heteroatoms. The zero-order valence-electron chi connectivity index (χ0n) is 17.0. The lowest BCUT2D eigenvalue weighted by atomic mass is 9.97. The number of hydrogen-bond donors (Lipinski definition) is 2. The van der Waals surface area contributed by atoms with Crippen LogP contribution in [0.25, 0.3) is 10.9 Å². The first-order valence-electron chi connectivity index (χ1n) is 9.79. The minimum absolute atomic E-state index is 0.171. The maximum atomic E-state index is 6.60. The van der Waals surface area contributed by atoms with Crippen LogP contribution in [-0.4, -0.2) is 72.0 Å². The van der Waals surface area contributed by atoms with E-state index in [-0.39, 0.29) is 10.7 Å². The molecule has 2 aromatic rings. The van der Waals surface area contributed by atoms with Crippen LogP contribution in [-0.2, 0) is 4.74 Å². The first-order valence-corrected chi connectivity index (χ1v) is 10.5. The summed E-state index contributed by atoms with van der Waals surface area (Å²) in [5.74, 6) is 0.386. The van der Waals surface area contributed by atoms with Gasteiger partial charge in [-0.25, -0.2) is 9.97 Å². The fourth-order valence-corrected chi connectivity index (χ4v) is 4.21. The molecule has 3 N–H and O–H groups in total. The van der Waals surface area contributed by atoms with E-state index in [1.54, 1.807) is 13.2 Å². The molecule has 1 aromatic heterocycles. The second-order valence-electron chi connectivity index (χ2n) is 7.74. The van der Waals surface area contributed by atoms with E-state index in [4.69, 9.17) is 33.7 Å². The number of nitrogens with one attached hydrogen (secondary N) is 1. The largest absolute Gasteiger partial charge is 0.403 e. The third-order valence-corrected chi connectivity index (χ3v) is 6.37. The molecule has 0 atom stereocenters. The van der Waals surface area contributed by atoms with Crippen molar-refractivity contribution >= 4 is 50.9 Å². The third-order valence-electron chi connectivity index (χ3n) is 5.69.